The fourth-order valence-corrected chi connectivity index (χ4v) is 5.80. The first-order valence-electron chi connectivity index (χ1n) is 11.4. The summed E-state index contributed by atoms with van der Waals surface area (Å²) >= 11 is 0. The van der Waals surface area contributed by atoms with E-state index in [1.54, 1.807) is 17.1 Å². The van der Waals surface area contributed by atoms with Gasteiger partial charge in [-0.05, 0) is 68.5 Å². The third-order valence-corrected chi connectivity index (χ3v) is 8.25. The van der Waals surface area contributed by atoms with E-state index in [1.165, 1.54) is 18.2 Å². The molecule has 2 atom stereocenters. The highest BCUT2D eigenvalue weighted by atomic mass is 32.2. The zero-order chi connectivity index (χ0) is 23.8. The molecule has 0 N–H and O–H groups in total. The molecule has 0 radical (unpaired) electrons. The van der Waals surface area contributed by atoms with Crippen molar-refractivity contribution in [1.29, 1.82) is 0 Å². The summed E-state index contributed by atoms with van der Waals surface area (Å²) in [7, 11) is -3.27. The van der Waals surface area contributed by atoms with E-state index in [0.29, 0.717) is 24.2 Å². The molecule has 1 amide bonds. The van der Waals surface area contributed by atoms with Crippen LogP contribution in [0.2, 0.25) is 0 Å². The average molecular weight is 483 g/mol. The Bertz CT molecular complexity index is 1070. The molecule has 5 nitrogen and oxygen atoms in total. The minimum Gasteiger partial charge on any atom is -0.334 e. The van der Waals surface area contributed by atoms with Gasteiger partial charge in [0.05, 0.1) is 16.4 Å². The Balaban J connectivity index is 1.59. The van der Waals surface area contributed by atoms with Crippen LogP contribution in [0.3, 0.4) is 0 Å². The second-order valence-corrected chi connectivity index (χ2v) is 11.4. The van der Waals surface area contributed by atoms with E-state index in [-0.39, 0.29) is 18.0 Å². The lowest BCUT2D eigenvalue weighted by molar-refractivity contribution is -0.138. The number of alkyl halides is 3. The topological polar surface area (TPSA) is 57.7 Å². The fraction of sp³-hybridized carbons (Fsp3) is 0.542. The SMILES string of the molecule is CS(=O)(=O)C1C=CC(c2ccc(C(=O)N3CCCC3CN3CCCC3)c(C(F)(F)F)c2)=CC1. The van der Waals surface area contributed by atoms with E-state index in [1.807, 2.05) is 0 Å². The van der Waals surface area contributed by atoms with Crippen molar-refractivity contribution in [3.63, 3.8) is 0 Å². The molecule has 1 aromatic carbocycles. The second-order valence-electron chi connectivity index (χ2n) is 9.18. The predicted molar refractivity (Wildman–Crippen MR) is 122 cm³/mol. The van der Waals surface area contributed by atoms with Gasteiger partial charge < -0.3 is 9.80 Å². The summed E-state index contributed by atoms with van der Waals surface area (Å²) in [5, 5.41) is -0.674. The van der Waals surface area contributed by atoms with E-state index in [9.17, 15) is 26.4 Å². The Kier molecular flexibility index (Phi) is 6.73. The van der Waals surface area contributed by atoms with Crippen molar-refractivity contribution >= 4 is 21.3 Å². The molecular formula is C24H29F3N2O3S. The van der Waals surface area contributed by atoms with Crippen LogP contribution in [0.1, 0.15) is 53.6 Å². The maximum absolute atomic E-state index is 14.0. The van der Waals surface area contributed by atoms with Crippen LogP contribution in [0, 0.1) is 0 Å². The number of nitrogens with zero attached hydrogens (tertiary/aromatic N) is 2. The van der Waals surface area contributed by atoms with Gasteiger partial charge in [0, 0.05) is 25.4 Å². The smallest absolute Gasteiger partial charge is 0.334 e. The lowest BCUT2D eigenvalue weighted by Gasteiger charge is -2.29. The van der Waals surface area contributed by atoms with Gasteiger partial charge >= 0.3 is 6.18 Å². The first kappa shape index (κ1) is 24.0. The van der Waals surface area contributed by atoms with E-state index < -0.39 is 32.7 Å². The van der Waals surface area contributed by atoms with Crippen LogP contribution in [-0.2, 0) is 16.0 Å². The molecule has 2 aliphatic heterocycles. The quantitative estimate of drug-likeness (QED) is 0.633. The van der Waals surface area contributed by atoms with Crippen LogP contribution in [0.15, 0.2) is 36.4 Å². The van der Waals surface area contributed by atoms with Gasteiger partial charge in [-0.2, -0.15) is 13.2 Å². The van der Waals surface area contributed by atoms with Gasteiger partial charge in [0.25, 0.3) is 5.91 Å². The molecule has 3 aliphatic rings. The molecular weight excluding hydrogens is 453 g/mol. The van der Waals surface area contributed by atoms with Crippen molar-refractivity contribution < 1.29 is 26.4 Å². The van der Waals surface area contributed by atoms with E-state index in [4.69, 9.17) is 0 Å². The maximum Gasteiger partial charge on any atom is 0.417 e. The first-order valence-corrected chi connectivity index (χ1v) is 13.3. The minimum absolute atomic E-state index is 0.0618. The zero-order valence-electron chi connectivity index (χ0n) is 18.6. The summed E-state index contributed by atoms with van der Waals surface area (Å²) < 4.78 is 65.4. The molecule has 2 unspecified atom stereocenters. The summed E-state index contributed by atoms with van der Waals surface area (Å²) in [6, 6.07) is 3.73. The number of amides is 1. The zero-order valence-corrected chi connectivity index (χ0v) is 19.5. The Morgan fingerprint density at radius 3 is 2.45 bits per heavy atom. The maximum atomic E-state index is 14.0. The predicted octanol–water partition coefficient (Wildman–Crippen LogP) is 4.16. The first-order chi connectivity index (χ1) is 15.5. The van der Waals surface area contributed by atoms with E-state index >= 15 is 0 Å². The lowest BCUT2D eigenvalue weighted by atomic mass is 9.94. The van der Waals surface area contributed by atoms with Gasteiger partial charge in [0.15, 0.2) is 9.84 Å². The molecule has 180 valence electrons. The Hall–Kier alpha value is -2.13. The van der Waals surface area contributed by atoms with Crippen LogP contribution in [0.5, 0.6) is 0 Å². The largest absolute Gasteiger partial charge is 0.417 e. The number of allylic oxidation sites excluding steroid dienone is 3. The second kappa shape index (κ2) is 9.25. The average Bonchev–Trinajstić information content (AvgIpc) is 3.44. The summed E-state index contributed by atoms with van der Waals surface area (Å²) in [5.74, 6) is -0.569. The van der Waals surface area contributed by atoms with Crippen LogP contribution >= 0.6 is 0 Å². The Labute approximate surface area is 192 Å². The number of hydrogen-bond acceptors (Lipinski definition) is 4. The molecule has 0 bridgehead atoms. The number of sulfone groups is 1. The number of carbonyl (C=O) groups is 1. The van der Waals surface area contributed by atoms with Gasteiger partial charge in [-0.15, -0.1) is 0 Å². The Morgan fingerprint density at radius 2 is 1.85 bits per heavy atom. The van der Waals surface area contributed by atoms with Crippen LogP contribution in [0.25, 0.3) is 5.57 Å². The number of carbonyl (C=O) groups excluding carboxylic acids is 1. The lowest BCUT2D eigenvalue weighted by Crippen LogP contribution is -2.43. The number of hydrogen-bond donors (Lipinski definition) is 0. The minimum atomic E-state index is -4.68. The highest BCUT2D eigenvalue weighted by Gasteiger charge is 2.39. The van der Waals surface area contributed by atoms with Crippen molar-refractivity contribution in [2.45, 2.75) is 49.6 Å². The van der Waals surface area contributed by atoms with Crippen molar-refractivity contribution in [3.8, 4) is 0 Å². The van der Waals surface area contributed by atoms with Gasteiger partial charge in [0.2, 0.25) is 0 Å². The monoisotopic (exact) mass is 482 g/mol. The van der Waals surface area contributed by atoms with E-state index in [2.05, 4.69) is 4.90 Å². The molecule has 2 heterocycles. The highest BCUT2D eigenvalue weighted by Crippen LogP contribution is 2.36. The number of benzene rings is 1. The molecule has 9 heteroatoms. The third kappa shape index (κ3) is 5.35. The van der Waals surface area contributed by atoms with Crippen LogP contribution in [0.4, 0.5) is 13.2 Å². The molecule has 0 aromatic heterocycles. The van der Waals surface area contributed by atoms with Gasteiger partial charge in [-0.1, -0.05) is 24.3 Å². The molecule has 2 fully saturated rings. The van der Waals surface area contributed by atoms with Gasteiger partial charge in [-0.25, -0.2) is 8.42 Å². The summed E-state index contributed by atoms with van der Waals surface area (Å²) in [6.07, 6.45) is 5.18. The van der Waals surface area contributed by atoms with Crippen molar-refractivity contribution in [2.75, 3.05) is 32.4 Å². The summed E-state index contributed by atoms with van der Waals surface area (Å²) in [5.41, 5.74) is -0.435. The number of halogens is 3. The number of likely N-dealkylation sites (tertiary alicyclic amines) is 2. The van der Waals surface area contributed by atoms with Crippen molar-refractivity contribution in [1.82, 2.24) is 9.80 Å². The van der Waals surface area contributed by atoms with Crippen LogP contribution in [-0.4, -0.2) is 67.9 Å². The van der Waals surface area contributed by atoms with Crippen molar-refractivity contribution in [2.24, 2.45) is 0 Å². The fourth-order valence-electron chi connectivity index (χ4n) is 4.99. The number of rotatable bonds is 5. The molecule has 1 aliphatic carbocycles. The molecule has 33 heavy (non-hydrogen) atoms. The molecule has 2 saturated heterocycles. The highest BCUT2D eigenvalue weighted by molar-refractivity contribution is 7.91. The molecule has 4 rings (SSSR count). The van der Waals surface area contributed by atoms with Crippen molar-refractivity contribution in [3.05, 3.63) is 53.1 Å². The normalized spacial score (nSPS) is 24.4. The standard InChI is InChI=1S/C24H29F3N2O3S/c1-33(31,32)20-9-6-17(7-10-20)18-8-11-21(22(15-18)24(25,26)27)23(30)29-14-4-5-19(29)16-28-12-2-3-13-28/h6-9,11,15,19-20H,2-5,10,12-14,16H2,1H3. The van der Waals surface area contributed by atoms with Crippen LogP contribution < -0.4 is 0 Å². The van der Waals surface area contributed by atoms with Gasteiger partial charge in [0.1, 0.15) is 0 Å². The summed E-state index contributed by atoms with van der Waals surface area (Å²) in [6.45, 7) is 3.13. The van der Waals surface area contributed by atoms with E-state index in [0.717, 1.165) is 51.1 Å². The van der Waals surface area contributed by atoms with Gasteiger partial charge in [-0.3, -0.25) is 4.79 Å². The molecule has 0 saturated carbocycles. The molecule has 1 aromatic rings. The third-order valence-electron chi connectivity index (χ3n) is 6.80. The summed E-state index contributed by atoms with van der Waals surface area (Å²) in [4.78, 5) is 17.1. The molecule has 0 spiro atoms. The Morgan fingerprint density at radius 1 is 1.12 bits per heavy atom.